The zero-order chi connectivity index (χ0) is 28.2. The smallest absolute Gasteiger partial charge is 0.228 e. The van der Waals surface area contributed by atoms with Crippen molar-refractivity contribution in [2.45, 2.75) is 128 Å². The molecule has 2 fully saturated rings. The van der Waals surface area contributed by atoms with E-state index >= 15 is 0 Å². The molecule has 37 heavy (non-hydrogen) atoms. The molecule has 11 nitrogen and oxygen atoms in total. The number of carbonyl (C=O) groups excluding carboxylic acids is 1. The van der Waals surface area contributed by atoms with Crippen LogP contribution in [0.5, 0.6) is 0 Å². The van der Waals surface area contributed by atoms with Crippen LogP contribution in [0.1, 0.15) is 67.2 Å². The maximum absolute atomic E-state index is 12.8. The van der Waals surface area contributed by atoms with Crippen molar-refractivity contribution in [3.63, 3.8) is 0 Å². The summed E-state index contributed by atoms with van der Waals surface area (Å²) >= 11 is 0. The number of rotatable bonds is 11. The van der Waals surface area contributed by atoms with Crippen LogP contribution in [0.3, 0.4) is 0 Å². The van der Waals surface area contributed by atoms with Gasteiger partial charge in [-0.25, -0.2) is 0 Å². The van der Waals surface area contributed by atoms with Crippen LogP contribution in [0.4, 0.5) is 0 Å². The van der Waals surface area contributed by atoms with Gasteiger partial charge in [0.15, 0.2) is 12.1 Å². The van der Waals surface area contributed by atoms with Crippen molar-refractivity contribution in [1.82, 2.24) is 5.32 Å². The molecule has 0 aromatic heterocycles. The third kappa shape index (κ3) is 8.30. The first-order chi connectivity index (χ1) is 17.1. The number of nitrogens with one attached hydrogen (secondary N) is 1. The molecule has 11 heteroatoms. The summed E-state index contributed by atoms with van der Waals surface area (Å²) in [5.74, 6) is -2.93. The first-order valence-electron chi connectivity index (χ1n) is 13.5. The predicted molar refractivity (Wildman–Crippen MR) is 136 cm³/mol. The number of hydrogen-bond acceptors (Lipinski definition) is 10. The van der Waals surface area contributed by atoms with Gasteiger partial charge >= 0.3 is 0 Å². The minimum atomic E-state index is -1.84. The van der Waals surface area contributed by atoms with Crippen molar-refractivity contribution in [2.75, 3.05) is 7.05 Å². The maximum Gasteiger partial charge on any atom is 0.228 e. The monoisotopic (exact) mass is 534 g/mol. The van der Waals surface area contributed by atoms with Crippen LogP contribution in [0, 0.1) is 23.7 Å². The van der Waals surface area contributed by atoms with Crippen molar-refractivity contribution < 1.29 is 44.5 Å². The molecular weight excluding hydrogens is 484 g/mol. The molecule has 8 N–H and O–H groups in total. The average Bonchev–Trinajstić information content (AvgIpc) is 2.79. The standard InChI is InChI=1S/C26H50N2O9/c1-12(2)14(5)8-16(36-25-23(32)21(27)22(31)15(6)35-25)9-19-20(24(33)28-7)18(30)11-26(34,37-19)10-17(29)13(3)4/h12-23,25,29-32,34H,8-11,27H2,1-7H3,(H,28,33)/t14?,15?,16-,17+,18-,19-,20?,21?,22?,23?,25?,26+/m0/s1. The normalized spacial score (nSPS) is 39.4. The van der Waals surface area contributed by atoms with Gasteiger partial charge in [0.2, 0.25) is 5.91 Å². The highest BCUT2D eigenvalue weighted by Crippen LogP contribution is 2.39. The summed E-state index contributed by atoms with van der Waals surface area (Å²) in [6.45, 7) is 11.5. The number of amides is 1. The van der Waals surface area contributed by atoms with E-state index in [1.54, 1.807) is 6.92 Å². The summed E-state index contributed by atoms with van der Waals surface area (Å²) in [6.07, 6.45) is -7.50. The number of hydrogen-bond donors (Lipinski definition) is 7. The van der Waals surface area contributed by atoms with Gasteiger partial charge in [-0.3, -0.25) is 4.79 Å². The van der Waals surface area contributed by atoms with Crippen LogP contribution in [-0.2, 0) is 19.0 Å². The molecular formula is C26H50N2O9. The Morgan fingerprint density at radius 2 is 1.76 bits per heavy atom. The molecule has 2 heterocycles. The van der Waals surface area contributed by atoms with E-state index in [1.165, 1.54) is 7.05 Å². The molecule has 12 atom stereocenters. The minimum absolute atomic E-state index is 0.102. The molecule has 0 aromatic rings. The molecule has 2 aliphatic rings. The largest absolute Gasteiger partial charge is 0.393 e. The third-order valence-electron chi connectivity index (χ3n) is 8.05. The summed E-state index contributed by atoms with van der Waals surface area (Å²) in [5, 5.41) is 55.9. The van der Waals surface area contributed by atoms with Crippen LogP contribution >= 0.6 is 0 Å². The SMILES string of the molecule is CNC(=O)C1[C@H](C[C@H](CC(C)C(C)C)OC2OC(C)C(O)C(N)C2O)O[C@](O)(C[C@@H](O)C(C)C)C[C@@H]1O. The zero-order valence-corrected chi connectivity index (χ0v) is 23.3. The number of ether oxygens (including phenoxy) is 3. The Kier molecular flexibility index (Phi) is 11.8. The predicted octanol–water partition coefficient (Wildman–Crippen LogP) is -0.155. The fourth-order valence-corrected chi connectivity index (χ4v) is 5.03. The van der Waals surface area contributed by atoms with Gasteiger partial charge in [-0.15, -0.1) is 0 Å². The molecule has 0 aliphatic carbocycles. The first-order valence-corrected chi connectivity index (χ1v) is 13.5. The molecule has 7 unspecified atom stereocenters. The lowest BCUT2D eigenvalue weighted by atomic mass is 9.80. The molecule has 0 spiro atoms. The Labute approximate surface area is 220 Å². The van der Waals surface area contributed by atoms with Crippen LogP contribution in [-0.4, -0.2) is 99.3 Å². The van der Waals surface area contributed by atoms with E-state index < -0.39 is 72.7 Å². The molecule has 2 rings (SSSR count). The van der Waals surface area contributed by atoms with E-state index in [4.69, 9.17) is 19.9 Å². The van der Waals surface area contributed by atoms with Crippen LogP contribution < -0.4 is 11.1 Å². The van der Waals surface area contributed by atoms with E-state index in [9.17, 15) is 30.3 Å². The van der Waals surface area contributed by atoms with Gasteiger partial charge in [0.05, 0.1) is 48.6 Å². The fraction of sp³-hybridized carbons (Fsp3) is 0.962. The molecule has 0 saturated carbocycles. The summed E-state index contributed by atoms with van der Waals surface area (Å²) in [6, 6.07) is -0.967. The number of aliphatic hydroxyl groups excluding tert-OH is 4. The molecule has 0 aromatic carbocycles. The van der Waals surface area contributed by atoms with E-state index in [1.807, 2.05) is 13.8 Å². The topological polar surface area (TPSA) is 184 Å². The van der Waals surface area contributed by atoms with Gasteiger partial charge in [-0.1, -0.05) is 34.6 Å². The minimum Gasteiger partial charge on any atom is -0.393 e. The Morgan fingerprint density at radius 1 is 1.14 bits per heavy atom. The zero-order valence-electron chi connectivity index (χ0n) is 23.3. The van der Waals surface area contributed by atoms with E-state index in [0.717, 1.165) is 0 Å². The molecule has 0 radical (unpaired) electrons. The number of aliphatic hydroxyl groups is 5. The quantitative estimate of drug-likeness (QED) is 0.188. The second-order valence-electron chi connectivity index (χ2n) is 11.7. The molecule has 2 saturated heterocycles. The second kappa shape index (κ2) is 13.5. The summed E-state index contributed by atoms with van der Waals surface area (Å²) < 4.78 is 18.0. The maximum atomic E-state index is 12.8. The fourth-order valence-electron chi connectivity index (χ4n) is 5.03. The lowest BCUT2D eigenvalue weighted by molar-refractivity contribution is -0.311. The van der Waals surface area contributed by atoms with Crippen molar-refractivity contribution in [3.8, 4) is 0 Å². The highest BCUT2D eigenvalue weighted by Gasteiger charge is 2.50. The lowest BCUT2D eigenvalue weighted by Crippen LogP contribution is -2.62. The Bertz CT molecular complexity index is 726. The Hall–Kier alpha value is -0.890. The van der Waals surface area contributed by atoms with Gasteiger partial charge in [0.1, 0.15) is 6.10 Å². The Morgan fingerprint density at radius 3 is 2.30 bits per heavy atom. The lowest BCUT2D eigenvalue weighted by Gasteiger charge is -2.46. The van der Waals surface area contributed by atoms with Crippen molar-refractivity contribution in [3.05, 3.63) is 0 Å². The van der Waals surface area contributed by atoms with Gasteiger partial charge in [-0.2, -0.15) is 0 Å². The third-order valence-corrected chi connectivity index (χ3v) is 8.05. The van der Waals surface area contributed by atoms with Crippen molar-refractivity contribution in [2.24, 2.45) is 29.4 Å². The van der Waals surface area contributed by atoms with Gasteiger partial charge in [-0.05, 0) is 31.1 Å². The number of carbonyl (C=O) groups is 1. The van der Waals surface area contributed by atoms with Crippen molar-refractivity contribution >= 4 is 5.91 Å². The highest BCUT2D eigenvalue weighted by molar-refractivity contribution is 5.79. The highest BCUT2D eigenvalue weighted by atomic mass is 16.7. The van der Waals surface area contributed by atoms with Crippen LogP contribution in [0.15, 0.2) is 0 Å². The summed E-state index contributed by atoms with van der Waals surface area (Å²) in [7, 11) is 1.46. The average molecular weight is 535 g/mol. The van der Waals surface area contributed by atoms with Gasteiger partial charge < -0.3 is 50.8 Å². The van der Waals surface area contributed by atoms with Crippen LogP contribution in [0.2, 0.25) is 0 Å². The summed E-state index contributed by atoms with van der Waals surface area (Å²) in [4.78, 5) is 12.8. The van der Waals surface area contributed by atoms with E-state index in [2.05, 4.69) is 26.1 Å². The molecule has 2 aliphatic heterocycles. The molecule has 218 valence electrons. The first kappa shape index (κ1) is 32.3. The second-order valence-corrected chi connectivity index (χ2v) is 11.7. The van der Waals surface area contributed by atoms with Gasteiger partial charge in [0.25, 0.3) is 0 Å². The van der Waals surface area contributed by atoms with E-state index in [-0.39, 0.29) is 31.1 Å². The van der Waals surface area contributed by atoms with Crippen LogP contribution in [0.25, 0.3) is 0 Å². The Balaban J connectivity index is 2.33. The van der Waals surface area contributed by atoms with Gasteiger partial charge in [0, 0.05) is 26.3 Å². The molecule has 1 amide bonds. The number of nitrogens with two attached hydrogens (primary N) is 1. The molecule has 0 bridgehead atoms. The van der Waals surface area contributed by atoms with E-state index in [0.29, 0.717) is 12.3 Å². The summed E-state index contributed by atoms with van der Waals surface area (Å²) in [5.41, 5.74) is 5.99. The van der Waals surface area contributed by atoms with Crippen molar-refractivity contribution in [1.29, 1.82) is 0 Å².